The van der Waals surface area contributed by atoms with Gasteiger partial charge < -0.3 is 4.74 Å². The molecular formula is C18H24N2O. The van der Waals surface area contributed by atoms with Crippen molar-refractivity contribution in [2.24, 2.45) is 0 Å². The Bertz CT molecular complexity index is 554. The van der Waals surface area contributed by atoms with Crippen molar-refractivity contribution in [3.8, 4) is 5.75 Å². The fourth-order valence-corrected chi connectivity index (χ4v) is 3.98. The Labute approximate surface area is 127 Å². The van der Waals surface area contributed by atoms with Gasteiger partial charge in [-0.1, -0.05) is 18.2 Å². The summed E-state index contributed by atoms with van der Waals surface area (Å²) in [4.78, 5) is 5.33. The fraction of sp³-hybridized carbons (Fsp3) is 0.556. The first-order chi connectivity index (χ1) is 10.3. The second kappa shape index (κ2) is 5.47. The summed E-state index contributed by atoms with van der Waals surface area (Å²) in [5.74, 6) is 1.02. The minimum atomic E-state index is 0.650. The zero-order chi connectivity index (χ0) is 14.2. The van der Waals surface area contributed by atoms with E-state index in [0.717, 1.165) is 24.9 Å². The van der Waals surface area contributed by atoms with Crippen LogP contribution >= 0.6 is 0 Å². The van der Waals surface area contributed by atoms with E-state index >= 15 is 0 Å². The number of piperazine rings is 1. The van der Waals surface area contributed by atoms with Crippen LogP contribution in [0.2, 0.25) is 0 Å². The van der Waals surface area contributed by atoms with Crippen LogP contribution in [0.5, 0.6) is 5.75 Å². The molecule has 0 unspecified atom stereocenters. The molecule has 2 atom stereocenters. The molecule has 3 nitrogen and oxygen atoms in total. The molecule has 0 bridgehead atoms. The maximum absolute atomic E-state index is 5.89. The molecule has 3 heteroatoms. The van der Waals surface area contributed by atoms with E-state index in [2.05, 4.69) is 41.0 Å². The summed E-state index contributed by atoms with van der Waals surface area (Å²) in [7, 11) is 0. The Morgan fingerprint density at radius 1 is 1.24 bits per heavy atom. The van der Waals surface area contributed by atoms with Crippen molar-refractivity contribution in [3.05, 3.63) is 35.4 Å². The highest BCUT2D eigenvalue weighted by molar-refractivity contribution is 5.62. The number of hydrogen-bond acceptors (Lipinski definition) is 3. The van der Waals surface area contributed by atoms with Gasteiger partial charge in [0.1, 0.15) is 12.4 Å². The van der Waals surface area contributed by atoms with Gasteiger partial charge in [-0.2, -0.15) is 0 Å². The molecule has 0 aromatic heterocycles. The van der Waals surface area contributed by atoms with E-state index < -0.39 is 0 Å². The van der Waals surface area contributed by atoms with Crippen molar-refractivity contribution >= 4 is 6.08 Å². The Morgan fingerprint density at radius 2 is 2.14 bits per heavy atom. The number of hydrogen-bond donors (Lipinski definition) is 0. The number of ether oxygens (including phenoxy) is 1. The first-order valence-corrected chi connectivity index (χ1v) is 8.19. The second-order valence-corrected chi connectivity index (χ2v) is 6.70. The molecule has 0 radical (unpaired) electrons. The monoisotopic (exact) mass is 284 g/mol. The molecule has 3 heterocycles. The van der Waals surface area contributed by atoms with Gasteiger partial charge in [-0.3, -0.25) is 9.80 Å². The van der Waals surface area contributed by atoms with Gasteiger partial charge in [-0.15, -0.1) is 0 Å². The molecule has 2 saturated heterocycles. The maximum atomic E-state index is 5.89. The number of fused-ring (bicyclic) bond motifs is 2. The van der Waals surface area contributed by atoms with E-state index in [1.165, 1.54) is 43.6 Å². The van der Waals surface area contributed by atoms with Gasteiger partial charge in [-0.25, -0.2) is 0 Å². The van der Waals surface area contributed by atoms with Gasteiger partial charge in [0.05, 0.1) is 0 Å². The van der Waals surface area contributed by atoms with Gasteiger partial charge in [0, 0.05) is 37.3 Å². The smallest absolute Gasteiger partial charge is 0.127 e. The third-order valence-corrected chi connectivity index (χ3v) is 5.16. The molecule has 0 spiro atoms. The summed E-state index contributed by atoms with van der Waals surface area (Å²) >= 11 is 0. The third-order valence-electron chi connectivity index (χ3n) is 5.16. The SMILES string of the molecule is C[C@H]1CN2CCC[C@H]2CN1CC1=Cc2ccccc2OC1. The summed E-state index contributed by atoms with van der Waals surface area (Å²) in [6.07, 6.45) is 5.08. The lowest BCUT2D eigenvalue weighted by molar-refractivity contribution is 0.0650. The molecule has 0 amide bonds. The fourth-order valence-electron chi connectivity index (χ4n) is 3.98. The topological polar surface area (TPSA) is 15.7 Å². The number of nitrogens with zero attached hydrogens (tertiary/aromatic N) is 2. The molecule has 4 rings (SSSR count). The van der Waals surface area contributed by atoms with Crippen molar-refractivity contribution in [1.82, 2.24) is 9.80 Å². The maximum Gasteiger partial charge on any atom is 0.127 e. The van der Waals surface area contributed by atoms with Crippen LogP contribution in [0.3, 0.4) is 0 Å². The Kier molecular flexibility index (Phi) is 3.48. The van der Waals surface area contributed by atoms with Crippen molar-refractivity contribution in [2.45, 2.75) is 31.8 Å². The van der Waals surface area contributed by atoms with Crippen LogP contribution in [-0.4, -0.2) is 54.7 Å². The van der Waals surface area contributed by atoms with Gasteiger partial charge >= 0.3 is 0 Å². The molecule has 112 valence electrons. The average molecular weight is 284 g/mol. The number of benzene rings is 1. The lowest BCUT2D eigenvalue weighted by Gasteiger charge is -2.42. The predicted molar refractivity (Wildman–Crippen MR) is 85.5 cm³/mol. The summed E-state index contributed by atoms with van der Waals surface area (Å²) in [6, 6.07) is 9.77. The van der Waals surface area contributed by atoms with E-state index in [4.69, 9.17) is 4.74 Å². The Hall–Kier alpha value is -1.32. The number of para-hydroxylation sites is 1. The Balaban J connectivity index is 1.48. The molecule has 1 aromatic carbocycles. The minimum Gasteiger partial charge on any atom is -0.489 e. The van der Waals surface area contributed by atoms with Gasteiger partial charge in [0.15, 0.2) is 0 Å². The van der Waals surface area contributed by atoms with Crippen LogP contribution in [0.1, 0.15) is 25.3 Å². The van der Waals surface area contributed by atoms with Gasteiger partial charge in [-0.05, 0) is 44.0 Å². The van der Waals surface area contributed by atoms with E-state index in [1.54, 1.807) is 0 Å². The molecule has 2 fully saturated rings. The van der Waals surface area contributed by atoms with E-state index in [-0.39, 0.29) is 0 Å². The van der Waals surface area contributed by atoms with Crippen LogP contribution in [0, 0.1) is 0 Å². The molecule has 3 aliphatic heterocycles. The quantitative estimate of drug-likeness (QED) is 0.830. The summed E-state index contributed by atoms with van der Waals surface area (Å²) in [6.45, 7) is 7.93. The van der Waals surface area contributed by atoms with Crippen LogP contribution in [0.4, 0.5) is 0 Å². The van der Waals surface area contributed by atoms with E-state index in [0.29, 0.717) is 6.04 Å². The second-order valence-electron chi connectivity index (χ2n) is 6.70. The minimum absolute atomic E-state index is 0.650. The highest BCUT2D eigenvalue weighted by atomic mass is 16.5. The van der Waals surface area contributed by atoms with Crippen molar-refractivity contribution in [3.63, 3.8) is 0 Å². The molecule has 3 aliphatic rings. The highest BCUT2D eigenvalue weighted by Gasteiger charge is 2.34. The molecular weight excluding hydrogens is 260 g/mol. The lowest BCUT2D eigenvalue weighted by Crippen LogP contribution is -2.55. The number of rotatable bonds is 2. The third kappa shape index (κ3) is 2.60. The van der Waals surface area contributed by atoms with Crippen LogP contribution in [-0.2, 0) is 0 Å². The van der Waals surface area contributed by atoms with Gasteiger partial charge in [0.25, 0.3) is 0 Å². The van der Waals surface area contributed by atoms with Crippen LogP contribution in [0.25, 0.3) is 6.08 Å². The van der Waals surface area contributed by atoms with Crippen LogP contribution < -0.4 is 4.74 Å². The molecule has 21 heavy (non-hydrogen) atoms. The molecule has 0 N–H and O–H groups in total. The highest BCUT2D eigenvalue weighted by Crippen LogP contribution is 2.28. The van der Waals surface area contributed by atoms with Gasteiger partial charge in [0.2, 0.25) is 0 Å². The molecule has 0 saturated carbocycles. The Morgan fingerprint density at radius 3 is 3.10 bits per heavy atom. The van der Waals surface area contributed by atoms with E-state index in [1.807, 2.05) is 6.07 Å². The van der Waals surface area contributed by atoms with Crippen LogP contribution in [0.15, 0.2) is 29.8 Å². The zero-order valence-corrected chi connectivity index (χ0v) is 12.8. The largest absolute Gasteiger partial charge is 0.489 e. The summed E-state index contributed by atoms with van der Waals surface area (Å²) in [5.41, 5.74) is 2.64. The summed E-state index contributed by atoms with van der Waals surface area (Å²) in [5, 5.41) is 0. The average Bonchev–Trinajstić information content (AvgIpc) is 2.94. The molecule has 0 aliphatic carbocycles. The molecule has 1 aromatic rings. The first-order valence-electron chi connectivity index (χ1n) is 8.19. The van der Waals surface area contributed by atoms with Crippen molar-refractivity contribution in [2.75, 3.05) is 32.8 Å². The van der Waals surface area contributed by atoms with Crippen molar-refractivity contribution < 1.29 is 4.74 Å². The standard InChI is InChI=1S/C18H24N2O/c1-14-10-19-8-4-6-17(19)12-20(14)11-15-9-16-5-2-3-7-18(16)21-13-15/h2-3,5,7,9,14,17H,4,6,8,10-13H2,1H3/t14-,17-/m0/s1. The lowest BCUT2D eigenvalue weighted by atomic mass is 10.0. The predicted octanol–water partition coefficient (Wildman–Crippen LogP) is 2.63. The normalized spacial score (nSPS) is 29.5. The van der Waals surface area contributed by atoms with Crippen molar-refractivity contribution in [1.29, 1.82) is 0 Å². The zero-order valence-electron chi connectivity index (χ0n) is 12.8. The van der Waals surface area contributed by atoms with E-state index in [9.17, 15) is 0 Å². The summed E-state index contributed by atoms with van der Waals surface area (Å²) < 4.78 is 5.89. The first kappa shape index (κ1) is 13.4.